The largest absolute Gasteiger partial charge is 0.573 e. The van der Waals surface area contributed by atoms with Crippen LogP contribution in [0.4, 0.5) is 29.9 Å². The van der Waals surface area contributed by atoms with E-state index in [1.807, 2.05) is 6.92 Å². The van der Waals surface area contributed by atoms with E-state index in [4.69, 9.17) is 4.74 Å². The molecule has 5 rings (SSSR count). The molecule has 1 saturated heterocycles. The summed E-state index contributed by atoms with van der Waals surface area (Å²) in [5.41, 5.74) is -1.32. The molecule has 3 aromatic rings. The van der Waals surface area contributed by atoms with Crippen LogP contribution in [0.2, 0.25) is 0 Å². The van der Waals surface area contributed by atoms with Gasteiger partial charge in [0, 0.05) is 17.0 Å². The highest BCUT2D eigenvalue weighted by atomic mass is 19.4. The second-order valence-electron chi connectivity index (χ2n) is 8.83. The number of anilines is 2. The Morgan fingerprint density at radius 3 is 2.68 bits per heavy atom. The Labute approximate surface area is 207 Å². The van der Waals surface area contributed by atoms with Gasteiger partial charge >= 0.3 is 12.5 Å². The van der Waals surface area contributed by atoms with Gasteiger partial charge in [-0.25, -0.2) is 9.69 Å². The minimum absolute atomic E-state index is 0.0826. The van der Waals surface area contributed by atoms with Gasteiger partial charge in [-0.05, 0) is 38.3 Å². The number of aromatic amines is 1. The number of fused-ring (bicyclic) bond motifs is 1. The fraction of sp³-hybridized carbons (Fsp3) is 0.391. The van der Waals surface area contributed by atoms with Crippen molar-refractivity contribution in [2.45, 2.75) is 51.1 Å². The molecule has 1 aliphatic heterocycles. The summed E-state index contributed by atoms with van der Waals surface area (Å²) >= 11 is 0. The highest BCUT2D eigenvalue weighted by Gasteiger charge is 2.47. The zero-order valence-corrected chi connectivity index (χ0v) is 19.6. The topological polar surface area (TPSA) is 146 Å². The third-order valence-electron chi connectivity index (χ3n) is 6.29. The van der Waals surface area contributed by atoms with Crippen LogP contribution in [0.1, 0.15) is 43.1 Å². The number of rotatable bonds is 6. The van der Waals surface area contributed by atoms with Crippen molar-refractivity contribution in [1.82, 2.24) is 19.9 Å². The van der Waals surface area contributed by atoms with E-state index in [9.17, 15) is 28.0 Å². The highest BCUT2D eigenvalue weighted by Crippen LogP contribution is 2.47. The summed E-state index contributed by atoms with van der Waals surface area (Å²) in [5.74, 6) is -0.0746. The molecule has 0 bridgehead atoms. The zero-order valence-electron chi connectivity index (χ0n) is 19.6. The van der Waals surface area contributed by atoms with E-state index >= 15 is 0 Å². The molecule has 0 spiro atoms. The van der Waals surface area contributed by atoms with Crippen LogP contribution in [0.25, 0.3) is 10.9 Å². The van der Waals surface area contributed by atoms with Gasteiger partial charge in [-0.15, -0.1) is 13.2 Å². The van der Waals surface area contributed by atoms with Gasteiger partial charge in [-0.3, -0.25) is 4.79 Å². The van der Waals surface area contributed by atoms with Crippen molar-refractivity contribution in [2.24, 2.45) is 0 Å². The summed E-state index contributed by atoms with van der Waals surface area (Å²) in [6.07, 6.45) is -3.82. The lowest BCUT2D eigenvalue weighted by atomic mass is 10.0. The maximum atomic E-state index is 13.0. The lowest BCUT2D eigenvalue weighted by Gasteiger charge is -2.21. The first-order valence-electron chi connectivity index (χ1n) is 11.4. The molecule has 2 fully saturated rings. The van der Waals surface area contributed by atoms with Crippen LogP contribution in [0.3, 0.4) is 0 Å². The number of alkyl halides is 3. The molecule has 14 heteroatoms. The number of benzene rings is 1. The third kappa shape index (κ3) is 4.59. The lowest BCUT2D eigenvalue weighted by Crippen LogP contribution is -2.35. The molecule has 2 aromatic heterocycles. The van der Waals surface area contributed by atoms with Gasteiger partial charge in [0.2, 0.25) is 11.9 Å². The predicted octanol–water partition coefficient (Wildman–Crippen LogP) is 3.63. The number of nitrogens with one attached hydrogen (secondary N) is 2. The molecule has 0 radical (unpaired) electrons. The molecule has 2 aliphatic rings. The molecule has 1 amide bonds. The number of nitrogens with zero attached hydrogens (tertiary/aromatic N) is 5. The summed E-state index contributed by atoms with van der Waals surface area (Å²) in [5, 5.41) is 12.9. The van der Waals surface area contributed by atoms with E-state index in [1.54, 1.807) is 13.0 Å². The van der Waals surface area contributed by atoms with Crippen LogP contribution in [-0.2, 0) is 10.3 Å². The van der Waals surface area contributed by atoms with Gasteiger partial charge in [0.25, 0.3) is 5.56 Å². The fourth-order valence-corrected chi connectivity index (χ4v) is 4.32. The molecule has 37 heavy (non-hydrogen) atoms. The van der Waals surface area contributed by atoms with E-state index in [2.05, 4.69) is 30.0 Å². The number of aromatic nitrogens is 4. The summed E-state index contributed by atoms with van der Waals surface area (Å²) < 4.78 is 47.3. The number of carbonyl (C=O) groups is 1. The van der Waals surface area contributed by atoms with Gasteiger partial charge in [-0.1, -0.05) is 6.92 Å². The molecule has 3 heterocycles. The van der Waals surface area contributed by atoms with Crippen molar-refractivity contribution < 1.29 is 27.4 Å². The first-order chi connectivity index (χ1) is 17.5. The number of carbonyl (C=O) groups excluding carboxylic acids is 1. The van der Waals surface area contributed by atoms with E-state index in [0.717, 1.165) is 6.07 Å². The smallest absolute Gasteiger partial charge is 0.447 e. The number of halogens is 3. The van der Waals surface area contributed by atoms with Crippen LogP contribution in [-0.4, -0.2) is 45.0 Å². The number of hydrogen-bond acceptors (Lipinski definition) is 9. The van der Waals surface area contributed by atoms with Gasteiger partial charge in [0.1, 0.15) is 24.3 Å². The molecule has 2 N–H and O–H groups in total. The van der Waals surface area contributed by atoms with Crippen molar-refractivity contribution in [3.05, 3.63) is 45.5 Å². The number of hydrogen-bond donors (Lipinski definition) is 2. The van der Waals surface area contributed by atoms with Crippen LogP contribution in [0, 0.1) is 18.3 Å². The SMILES string of the molecule is CC[C@H]1COC(=O)N1c1nc(C)nc(NC2(c3cc4cc(C#N)c(OC(F)(F)F)cc4[nH]c3=O)CC2)n1. The predicted molar refractivity (Wildman–Crippen MR) is 123 cm³/mol. The standard InChI is InChI=1S/C23H20F3N7O4/c1-3-14-10-36-21(35)33(14)20-29-11(2)28-19(31-20)32-22(4-5-22)15-7-12-6-13(9-27)17(37-23(24,25)26)8-16(12)30-18(15)34/h6-8,14H,3-5,10H2,1-2H3,(H,30,34)(H,28,29,31,32)/t14-/m0/s1. The molecule has 1 atom stereocenters. The van der Waals surface area contributed by atoms with E-state index in [1.165, 1.54) is 17.0 Å². The molecule has 1 saturated carbocycles. The quantitative estimate of drug-likeness (QED) is 0.502. The zero-order chi connectivity index (χ0) is 26.5. The third-order valence-corrected chi connectivity index (χ3v) is 6.29. The van der Waals surface area contributed by atoms with Gasteiger partial charge in [0.05, 0.1) is 22.7 Å². The van der Waals surface area contributed by atoms with E-state index < -0.39 is 29.3 Å². The van der Waals surface area contributed by atoms with Crippen LogP contribution in [0.15, 0.2) is 23.0 Å². The summed E-state index contributed by atoms with van der Waals surface area (Å²) in [6.45, 7) is 3.78. The first-order valence-corrected chi connectivity index (χ1v) is 11.4. The minimum Gasteiger partial charge on any atom is -0.447 e. The number of ether oxygens (including phenoxy) is 2. The number of amides is 1. The number of cyclic esters (lactones) is 1. The van der Waals surface area contributed by atoms with E-state index in [-0.39, 0.29) is 35.6 Å². The fourth-order valence-electron chi connectivity index (χ4n) is 4.32. The van der Waals surface area contributed by atoms with Crippen molar-refractivity contribution >= 4 is 28.9 Å². The van der Waals surface area contributed by atoms with Crippen LogP contribution in [0.5, 0.6) is 5.75 Å². The Morgan fingerprint density at radius 2 is 2.03 bits per heavy atom. The normalized spacial score (nSPS) is 18.4. The highest BCUT2D eigenvalue weighted by molar-refractivity contribution is 5.88. The maximum Gasteiger partial charge on any atom is 0.573 e. The first kappa shape index (κ1) is 24.3. The molecule has 11 nitrogen and oxygen atoms in total. The molecule has 1 aromatic carbocycles. The second kappa shape index (κ2) is 8.61. The number of H-pyrrole nitrogens is 1. The Hall–Kier alpha value is -4.41. The summed E-state index contributed by atoms with van der Waals surface area (Å²) in [7, 11) is 0. The van der Waals surface area contributed by atoms with Gasteiger partial charge in [0.15, 0.2) is 0 Å². The molecule has 0 unspecified atom stereocenters. The molecule has 1 aliphatic carbocycles. The minimum atomic E-state index is -4.99. The average Bonchev–Trinajstić information content (AvgIpc) is 3.49. The number of nitriles is 1. The average molecular weight is 515 g/mol. The number of pyridine rings is 1. The van der Waals surface area contributed by atoms with Gasteiger partial charge in [-0.2, -0.15) is 20.2 Å². The molecule has 192 valence electrons. The van der Waals surface area contributed by atoms with Crippen molar-refractivity contribution in [3.8, 4) is 11.8 Å². The van der Waals surface area contributed by atoms with Crippen molar-refractivity contribution in [2.75, 3.05) is 16.8 Å². The number of aryl methyl sites for hydroxylation is 1. The van der Waals surface area contributed by atoms with Crippen LogP contribution < -0.4 is 20.5 Å². The second-order valence-corrected chi connectivity index (χ2v) is 8.83. The van der Waals surface area contributed by atoms with Gasteiger partial charge < -0.3 is 19.8 Å². The Morgan fingerprint density at radius 1 is 1.27 bits per heavy atom. The lowest BCUT2D eigenvalue weighted by molar-refractivity contribution is -0.274. The van der Waals surface area contributed by atoms with Crippen LogP contribution >= 0.6 is 0 Å². The summed E-state index contributed by atoms with van der Waals surface area (Å²) in [6, 6.07) is 5.18. The monoisotopic (exact) mass is 515 g/mol. The molecular weight excluding hydrogens is 495 g/mol. The Kier molecular flexibility index (Phi) is 5.65. The molecular formula is C23H20F3N7O4. The maximum absolute atomic E-state index is 13.0. The Balaban J connectivity index is 1.50. The summed E-state index contributed by atoms with van der Waals surface area (Å²) in [4.78, 5) is 42.2. The van der Waals surface area contributed by atoms with Crippen molar-refractivity contribution in [3.63, 3.8) is 0 Å². The Bertz CT molecular complexity index is 1510. The van der Waals surface area contributed by atoms with E-state index in [0.29, 0.717) is 36.0 Å². The van der Waals surface area contributed by atoms with Crippen molar-refractivity contribution in [1.29, 1.82) is 5.26 Å².